The number of ether oxygens (including phenoxy) is 1. The van der Waals surface area contributed by atoms with Crippen molar-refractivity contribution in [2.24, 2.45) is 0 Å². The lowest BCUT2D eigenvalue weighted by atomic mass is 9.81. The molecule has 6 heteroatoms. The molecule has 3 aromatic rings. The smallest absolute Gasteiger partial charge is 0.139 e. The highest BCUT2D eigenvalue weighted by Gasteiger charge is 2.34. The van der Waals surface area contributed by atoms with Crippen LogP contribution in [0.15, 0.2) is 48.5 Å². The summed E-state index contributed by atoms with van der Waals surface area (Å²) in [6.07, 6.45) is 0. The SMILES string of the molecule is Oc1ccc(C2c3c(O)cc(O)cc3Oc3cc(O)cc(O)c32)cc1. The van der Waals surface area contributed by atoms with Crippen LogP contribution in [-0.2, 0) is 0 Å². The largest absolute Gasteiger partial charge is 0.508 e. The second-order valence-corrected chi connectivity index (χ2v) is 5.88. The van der Waals surface area contributed by atoms with E-state index in [0.29, 0.717) is 16.7 Å². The Morgan fingerprint density at radius 2 is 1.08 bits per heavy atom. The fourth-order valence-corrected chi connectivity index (χ4v) is 3.21. The van der Waals surface area contributed by atoms with Gasteiger partial charge in [-0.2, -0.15) is 0 Å². The van der Waals surface area contributed by atoms with E-state index in [4.69, 9.17) is 4.74 Å². The van der Waals surface area contributed by atoms with Crippen LogP contribution in [0.5, 0.6) is 40.2 Å². The predicted octanol–water partition coefficient (Wildman–Crippen LogP) is 3.50. The standard InChI is InChI=1S/C19H14O6/c20-10-3-1-9(2-4-10)17-18-13(23)5-11(21)7-15(18)25-16-8-12(22)6-14(24)19(16)17/h1-8,17,20-24H. The molecule has 3 aromatic carbocycles. The first-order chi connectivity index (χ1) is 11.9. The Kier molecular flexibility index (Phi) is 3.15. The third-order valence-corrected chi connectivity index (χ3v) is 4.23. The van der Waals surface area contributed by atoms with Crippen LogP contribution in [0.25, 0.3) is 0 Å². The van der Waals surface area contributed by atoms with Gasteiger partial charge in [0.2, 0.25) is 0 Å². The van der Waals surface area contributed by atoms with Crippen LogP contribution in [0.3, 0.4) is 0 Å². The molecule has 1 aliphatic rings. The molecule has 0 saturated heterocycles. The first-order valence-electron chi connectivity index (χ1n) is 7.52. The van der Waals surface area contributed by atoms with E-state index >= 15 is 0 Å². The van der Waals surface area contributed by atoms with Gasteiger partial charge in [0.05, 0.1) is 0 Å². The maximum Gasteiger partial charge on any atom is 0.139 e. The first kappa shape index (κ1) is 15.0. The quantitative estimate of drug-likeness (QED) is 0.363. The summed E-state index contributed by atoms with van der Waals surface area (Å²) in [6, 6.07) is 11.4. The van der Waals surface area contributed by atoms with E-state index in [2.05, 4.69) is 0 Å². The van der Waals surface area contributed by atoms with Gasteiger partial charge in [-0.1, -0.05) is 12.1 Å². The minimum atomic E-state index is -0.611. The molecular weight excluding hydrogens is 324 g/mol. The molecule has 6 nitrogen and oxygen atoms in total. The lowest BCUT2D eigenvalue weighted by Gasteiger charge is -2.30. The summed E-state index contributed by atoms with van der Waals surface area (Å²) in [7, 11) is 0. The number of rotatable bonds is 1. The van der Waals surface area contributed by atoms with E-state index in [1.54, 1.807) is 12.1 Å². The number of hydrogen-bond acceptors (Lipinski definition) is 6. The van der Waals surface area contributed by atoms with Crippen LogP contribution in [0, 0.1) is 0 Å². The van der Waals surface area contributed by atoms with E-state index in [0.717, 1.165) is 0 Å². The Balaban J connectivity index is 2.03. The van der Waals surface area contributed by atoms with Crippen molar-refractivity contribution in [1.29, 1.82) is 0 Å². The molecular formula is C19H14O6. The summed E-state index contributed by atoms with van der Waals surface area (Å²) in [4.78, 5) is 0. The molecule has 0 saturated carbocycles. The van der Waals surface area contributed by atoms with Crippen LogP contribution >= 0.6 is 0 Å². The summed E-state index contributed by atoms with van der Waals surface area (Å²) >= 11 is 0. The van der Waals surface area contributed by atoms with Crippen LogP contribution in [-0.4, -0.2) is 25.5 Å². The van der Waals surface area contributed by atoms with Crippen LogP contribution in [0.2, 0.25) is 0 Å². The molecule has 0 spiro atoms. The normalized spacial score (nSPS) is 13.0. The third kappa shape index (κ3) is 2.35. The number of fused-ring (bicyclic) bond motifs is 2. The highest BCUT2D eigenvalue weighted by molar-refractivity contribution is 5.67. The van der Waals surface area contributed by atoms with Gasteiger partial charge < -0.3 is 30.3 Å². The summed E-state index contributed by atoms with van der Waals surface area (Å²) < 4.78 is 5.69. The maximum atomic E-state index is 10.4. The molecule has 1 aliphatic heterocycles. The van der Waals surface area contributed by atoms with Gasteiger partial charge in [-0.05, 0) is 17.7 Å². The molecule has 0 atom stereocenters. The topological polar surface area (TPSA) is 110 Å². The molecule has 0 amide bonds. The molecule has 4 rings (SSSR count). The summed E-state index contributed by atoms with van der Waals surface area (Å²) in [5.41, 5.74) is 1.43. The van der Waals surface area contributed by atoms with Crippen molar-refractivity contribution in [3.63, 3.8) is 0 Å². The Hall–Kier alpha value is -3.54. The zero-order valence-electron chi connectivity index (χ0n) is 12.8. The highest BCUT2D eigenvalue weighted by atomic mass is 16.5. The number of phenols is 5. The van der Waals surface area contributed by atoms with Gasteiger partial charge in [-0.25, -0.2) is 0 Å². The number of aromatic hydroxyl groups is 5. The average Bonchev–Trinajstić information content (AvgIpc) is 2.53. The lowest BCUT2D eigenvalue weighted by molar-refractivity contribution is 0.393. The van der Waals surface area contributed by atoms with Crippen molar-refractivity contribution < 1.29 is 30.3 Å². The van der Waals surface area contributed by atoms with Gasteiger partial charge in [-0.15, -0.1) is 0 Å². The monoisotopic (exact) mass is 338 g/mol. The fourth-order valence-electron chi connectivity index (χ4n) is 3.21. The molecule has 0 fully saturated rings. The zero-order valence-corrected chi connectivity index (χ0v) is 12.8. The van der Waals surface area contributed by atoms with Gasteiger partial charge in [0.15, 0.2) is 0 Å². The summed E-state index contributed by atoms with van der Waals surface area (Å²) in [5.74, 6) is -0.817. The Labute approximate surface area is 142 Å². The minimum Gasteiger partial charge on any atom is -0.508 e. The summed E-state index contributed by atoms with van der Waals surface area (Å²) in [6.45, 7) is 0. The molecule has 25 heavy (non-hydrogen) atoms. The predicted molar refractivity (Wildman–Crippen MR) is 88.7 cm³/mol. The summed E-state index contributed by atoms with van der Waals surface area (Å²) in [5, 5.41) is 49.8. The van der Waals surface area contributed by atoms with E-state index in [-0.39, 0.29) is 40.2 Å². The fraction of sp³-hybridized carbons (Fsp3) is 0.0526. The van der Waals surface area contributed by atoms with Crippen molar-refractivity contribution in [2.45, 2.75) is 5.92 Å². The molecule has 1 heterocycles. The lowest BCUT2D eigenvalue weighted by Crippen LogP contribution is -2.12. The van der Waals surface area contributed by atoms with Gasteiger partial charge in [0.25, 0.3) is 0 Å². The molecule has 5 N–H and O–H groups in total. The Bertz CT molecular complexity index is 921. The van der Waals surface area contributed by atoms with Gasteiger partial charge in [0, 0.05) is 41.3 Å². The maximum absolute atomic E-state index is 10.4. The second-order valence-electron chi connectivity index (χ2n) is 5.88. The molecule has 0 aromatic heterocycles. The van der Waals surface area contributed by atoms with Crippen molar-refractivity contribution in [3.8, 4) is 40.2 Å². The van der Waals surface area contributed by atoms with E-state index in [9.17, 15) is 25.5 Å². The van der Waals surface area contributed by atoms with E-state index in [1.165, 1.54) is 36.4 Å². The van der Waals surface area contributed by atoms with Crippen molar-refractivity contribution in [1.82, 2.24) is 0 Å². The number of phenolic OH excluding ortho intramolecular Hbond substituents is 5. The number of benzene rings is 3. The highest BCUT2D eigenvalue weighted by Crippen LogP contribution is 2.55. The van der Waals surface area contributed by atoms with Gasteiger partial charge in [0.1, 0.15) is 40.2 Å². The van der Waals surface area contributed by atoms with Crippen molar-refractivity contribution in [3.05, 3.63) is 65.2 Å². The van der Waals surface area contributed by atoms with E-state index in [1.807, 2.05) is 0 Å². The molecule has 0 bridgehead atoms. The van der Waals surface area contributed by atoms with Gasteiger partial charge in [-0.3, -0.25) is 0 Å². The molecule has 0 aliphatic carbocycles. The Morgan fingerprint density at radius 3 is 1.56 bits per heavy atom. The zero-order chi connectivity index (χ0) is 17.7. The average molecular weight is 338 g/mol. The molecule has 0 unspecified atom stereocenters. The minimum absolute atomic E-state index is 0.0844. The van der Waals surface area contributed by atoms with E-state index < -0.39 is 5.92 Å². The third-order valence-electron chi connectivity index (χ3n) is 4.23. The van der Waals surface area contributed by atoms with Crippen LogP contribution < -0.4 is 4.74 Å². The van der Waals surface area contributed by atoms with Crippen LogP contribution in [0.1, 0.15) is 22.6 Å². The van der Waals surface area contributed by atoms with Crippen molar-refractivity contribution in [2.75, 3.05) is 0 Å². The Morgan fingerprint density at radius 1 is 0.600 bits per heavy atom. The molecule has 0 radical (unpaired) electrons. The number of hydrogen-bond donors (Lipinski definition) is 5. The second kappa shape index (κ2) is 5.24. The van der Waals surface area contributed by atoms with Crippen molar-refractivity contribution >= 4 is 0 Å². The van der Waals surface area contributed by atoms with Gasteiger partial charge >= 0.3 is 0 Å². The first-order valence-corrected chi connectivity index (χ1v) is 7.52. The molecule has 126 valence electrons. The van der Waals surface area contributed by atoms with Crippen LogP contribution in [0.4, 0.5) is 0 Å².